The van der Waals surface area contributed by atoms with Crippen molar-refractivity contribution in [3.05, 3.63) is 48.1 Å². The van der Waals surface area contributed by atoms with Crippen LogP contribution in [0.15, 0.2) is 42.0 Å². The van der Waals surface area contributed by atoms with Crippen LogP contribution in [0, 0.1) is 0 Å². The molecule has 0 spiro atoms. The lowest BCUT2D eigenvalue weighted by Gasteiger charge is -2.46. The minimum Gasteiger partial charge on any atom is -0.360 e. The van der Waals surface area contributed by atoms with Crippen molar-refractivity contribution in [2.45, 2.75) is 46.2 Å². The normalized spacial score (nSPS) is 16.8. The molecule has 2 aromatic rings. The van der Waals surface area contributed by atoms with Gasteiger partial charge >= 0.3 is 0 Å². The highest BCUT2D eigenvalue weighted by Crippen LogP contribution is 2.40. The van der Waals surface area contributed by atoms with E-state index in [0.717, 1.165) is 5.56 Å². The summed E-state index contributed by atoms with van der Waals surface area (Å²) in [5, 5.41) is 11.8. The maximum atomic E-state index is 4.33. The van der Waals surface area contributed by atoms with Crippen molar-refractivity contribution in [2.24, 2.45) is 5.10 Å². The third kappa shape index (κ3) is 2.91. The summed E-state index contributed by atoms with van der Waals surface area (Å²) in [7, 11) is 0. The van der Waals surface area contributed by atoms with E-state index in [4.69, 9.17) is 0 Å². The first kappa shape index (κ1) is 15.5. The van der Waals surface area contributed by atoms with Gasteiger partial charge < -0.3 is 4.90 Å². The second-order valence-electron chi connectivity index (χ2n) is 6.81. The molecule has 0 bridgehead atoms. The summed E-state index contributed by atoms with van der Waals surface area (Å²) in [6, 6.07) is 6.93. The molecule has 2 heterocycles. The molecule has 5 heteroatoms. The minimum absolute atomic E-state index is 0.0172. The number of fused-ring (bicyclic) bond motifs is 1. The van der Waals surface area contributed by atoms with E-state index in [1.165, 1.54) is 16.8 Å². The van der Waals surface area contributed by atoms with Crippen LogP contribution in [0.25, 0.3) is 5.57 Å². The first-order valence-electron chi connectivity index (χ1n) is 7.91. The molecule has 0 amide bonds. The van der Waals surface area contributed by atoms with E-state index >= 15 is 0 Å². The van der Waals surface area contributed by atoms with Crippen LogP contribution in [0.1, 0.15) is 45.7 Å². The molecule has 0 atom stereocenters. The van der Waals surface area contributed by atoms with Gasteiger partial charge in [-0.05, 0) is 57.9 Å². The average Bonchev–Trinajstić information content (AvgIpc) is 2.97. The van der Waals surface area contributed by atoms with E-state index in [1.807, 2.05) is 6.21 Å². The number of anilines is 1. The van der Waals surface area contributed by atoms with E-state index in [1.54, 1.807) is 17.3 Å². The molecule has 1 aromatic carbocycles. The first-order valence-corrected chi connectivity index (χ1v) is 7.91. The fourth-order valence-electron chi connectivity index (χ4n) is 3.48. The van der Waals surface area contributed by atoms with Gasteiger partial charge in [0.1, 0.15) is 12.7 Å². The Kier molecular flexibility index (Phi) is 3.80. The molecule has 1 aliphatic rings. The SMILES string of the molecule is CC1=CC(C)(C)N(C(C)C)c2ccc(/C=N\n3cnnc3)cc21. The Morgan fingerprint density at radius 3 is 2.52 bits per heavy atom. The molecule has 0 radical (unpaired) electrons. The Hall–Kier alpha value is -2.43. The number of allylic oxidation sites excluding steroid dienone is 1. The Morgan fingerprint density at radius 1 is 1.17 bits per heavy atom. The molecular formula is C18H23N5. The largest absolute Gasteiger partial charge is 0.360 e. The van der Waals surface area contributed by atoms with Crippen LogP contribution >= 0.6 is 0 Å². The van der Waals surface area contributed by atoms with Crippen molar-refractivity contribution in [3.63, 3.8) is 0 Å². The van der Waals surface area contributed by atoms with Gasteiger partial charge in [-0.2, -0.15) is 5.10 Å². The van der Waals surface area contributed by atoms with Crippen molar-refractivity contribution >= 4 is 17.5 Å². The third-order valence-electron chi connectivity index (χ3n) is 4.16. The molecule has 3 rings (SSSR count). The molecule has 5 nitrogen and oxygen atoms in total. The lowest BCUT2D eigenvalue weighted by molar-refractivity contribution is 0.507. The molecule has 23 heavy (non-hydrogen) atoms. The zero-order valence-electron chi connectivity index (χ0n) is 14.4. The molecule has 1 aromatic heterocycles. The quantitative estimate of drug-likeness (QED) is 0.814. The van der Waals surface area contributed by atoms with Gasteiger partial charge in [0.05, 0.1) is 11.8 Å². The summed E-state index contributed by atoms with van der Waals surface area (Å²) in [6.45, 7) is 11.2. The Morgan fingerprint density at radius 2 is 1.87 bits per heavy atom. The smallest absolute Gasteiger partial charge is 0.141 e. The number of nitrogens with zero attached hydrogens (tertiary/aromatic N) is 5. The number of hydrogen-bond acceptors (Lipinski definition) is 4. The van der Waals surface area contributed by atoms with E-state index in [-0.39, 0.29) is 5.54 Å². The molecule has 0 saturated carbocycles. The van der Waals surface area contributed by atoms with Crippen molar-refractivity contribution in [1.29, 1.82) is 0 Å². The topological polar surface area (TPSA) is 46.3 Å². The van der Waals surface area contributed by atoms with Crippen LogP contribution in [-0.2, 0) is 0 Å². The van der Waals surface area contributed by atoms with Crippen molar-refractivity contribution < 1.29 is 0 Å². The van der Waals surface area contributed by atoms with Gasteiger partial charge in [-0.1, -0.05) is 12.1 Å². The van der Waals surface area contributed by atoms with Crippen molar-refractivity contribution in [2.75, 3.05) is 4.90 Å². The van der Waals surface area contributed by atoms with Crippen LogP contribution in [-0.4, -0.2) is 32.7 Å². The average molecular weight is 309 g/mol. The van der Waals surface area contributed by atoms with Gasteiger partial charge in [0.2, 0.25) is 0 Å². The first-order chi connectivity index (χ1) is 10.9. The fraction of sp³-hybridized carbons (Fsp3) is 0.389. The van der Waals surface area contributed by atoms with Gasteiger partial charge in [-0.3, -0.25) is 0 Å². The van der Waals surface area contributed by atoms with Gasteiger partial charge in [0.25, 0.3) is 0 Å². The van der Waals surface area contributed by atoms with Gasteiger partial charge in [-0.15, -0.1) is 10.2 Å². The van der Waals surface area contributed by atoms with Crippen LogP contribution in [0.3, 0.4) is 0 Å². The van der Waals surface area contributed by atoms with E-state index in [2.05, 4.69) is 79.1 Å². The Bertz CT molecular complexity index is 754. The number of aromatic nitrogens is 3. The second-order valence-corrected chi connectivity index (χ2v) is 6.81. The van der Waals surface area contributed by atoms with E-state index in [0.29, 0.717) is 6.04 Å². The summed E-state index contributed by atoms with van der Waals surface area (Å²) < 4.78 is 1.59. The highest BCUT2D eigenvalue weighted by Gasteiger charge is 2.32. The zero-order valence-corrected chi connectivity index (χ0v) is 14.4. The summed E-state index contributed by atoms with van der Waals surface area (Å²) in [4.78, 5) is 2.47. The van der Waals surface area contributed by atoms with Gasteiger partial charge in [0.15, 0.2) is 0 Å². The molecule has 1 aliphatic heterocycles. The maximum absolute atomic E-state index is 4.33. The highest BCUT2D eigenvalue weighted by molar-refractivity contribution is 5.87. The molecule has 120 valence electrons. The number of benzene rings is 1. The van der Waals surface area contributed by atoms with Crippen LogP contribution in [0.2, 0.25) is 0 Å². The molecular weight excluding hydrogens is 286 g/mol. The molecule has 0 fully saturated rings. The lowest BCUT2D eigenvalue weighted by atomic mass is 9.87. The van der Waals surface area contributed by atoms with Crippen LogP contribution < -0.4 is 4.90 Å². The summed E-state index contributed by atoms with van der Waals surface area (Å²) in [5.41, 5.74) is 4.94. The number of rotatable bonds is 3. The zero-order chi connectivity index (χ0) is 16.6. The summed E-state index contributed by atoms with van der Waals surface area (Å²) >= 11 is 0. The van der Waals surface area contributed by atoms with Crippen LogP contribution in [0.4, 0.5) is 5.69 Å². The van der Waals surface area contributed by atoms with Crippen molar-refractivity contribution in [3.8, 4) is 0 Å². The monoisotopic (exact) mass is 309 g/mol. The minimum atomic E-state index is 0.0172. The van der Waals surface area contributed by atoms with Crippen LogP contribution in [0.5, 0.6) is 0 Å². The lowest BCUT2D eigenvalue weighted by Crippen LogP contribution is -2.49. The third-order valence-corrected chi connectivity index (χ3v) is 4.16. The molecule has 0 N–H and O–H groups in total. The maximum Gasteiger partial charge on any atom is 0.141 e. The second kappa shape index (κ2) is 5.65. The molecule has 0 saturated heterocycles. The van der Waals surface area contributed by atoms with Gasteiger partial charge in [-0.25, -0.2) is 4.68 Å². The Labute approximate surface area is 137 Å². The molecule has 0 unspecified atom stereocenters. The summed E-state index contributed by atoms with van der Waals surface area (Å²) in [6.07, 6.45) is 7.32. The molecule has 0 aliphatic carbocycles. The highest BCUT2D eigenvalue weighted by atomic mass is 15.4. The Balaban J connectivity index is 2.01. The fourth-order valence-corrected chi connectivity index (χ4v) is 3.48. The predicted molar refractivity (Wildman–Crippen MR) is 94.8 cm³/mol. The van der Waals surface area contributed by atoms with Gasteiger partial charge in [0, 0.05) is 17.3 Å². The summed E-state index contributed by atoms with van der Waals surface area (Å²) in [5.74, 6) is 0. The van der Waals surface area contributed by atoms with Crippen molar-refractivity contribution in [1.82, 2.24) is 14.9 Å². The van der Waals surface area contributed by atoms with E-state index in [9.17, 15) is 0 Å². The predicted octanol–water partition coefficient (Wildman–Crippen LogP) is 3.57. The number of hydrogen-bond donors (Lipinski definition) is 0. The van der Waals surface area contributed by atoms with E-state index < -0.39 is 0 Å². The standard InChI is InChI=1S/C18H23N5/c1-13(2)23-17-7-6-15(10-21-22-11-19-20-12-22)8-16(17)14(3)9-18(23,4)5/h6-13H,1-5H3/b21-10-.